The van der Waals surface area contributed by atoms with E-state index in [9.17, 15) is 13.2 Å². The van der Waals surface area contributed by atoms with E-state index in [4.69, 9.17) is 9.47 Å². The summed E-state index contributed by atoms with van der Waals surface area (Å²) in [6.07, 6.45) is 0.0953. The average molecular weight is 462 g/mol. The number of carbonyl (C=O) groups is 1. The lowest BCUT2D eigenvalue weighted by Gasteiger charge is -2.26. The van der Waals surface area contributed by atoms with Gasteiger partial charge in [-0.2, -0.15) is 4.31 Å². The van der Waals surface area contributed by atoms with Gasteiger partial charge in [-0.25, -0.2) is 8.42 Å². The van der Waals surface area contributed by atoms with Crippen LogP contribution in [0.25, 0.3) is 0 Å². The summed E-state index contributed by atoms with van der Waals surface area (Å²) >= 11 is 0. The van der Waals surface area contributed by atoms with Crippen LogP contribution in [0.2, 0.25) is 0 Å². The Balaban J connectivity index is 1.57. The minimum Gasteiger partial charge on any atom is -0.495 e. The zero-order valence-electron chi connectivity index (χ0n) is 18.6. The van der Waals surface area contributed by atoms with Crippen LogP contribution in [0.15, 0.2) is 53.4 Å². The molecule has 0 unspecified atom stereocenters. The first-order valence-electron chi connectivity index (χ1n) is 10.6. The summed E-state index contributed by atoms with van der Waals surface area (Å²) in [5.74, 6) is 0.112. The van der Waals surface area contributed by atoms with Crippen LogP contribution in [0.3, 0.4) is 0 Å². The molecule has 1 heterocycles. The van der Waals surface area contributed by atoms with E-state index in [0.29, 0.717) is 45.0 Å². The van der Waals surface area contributed by atoms with E-state index in [1.54, 1.807) is 12.1 Å². The first-order chi connectivity index (χ1) is 15.4. The molecule has 8 nitrogen and oxygen atoms in total. The van der Waals surface area contributed by atoms with Gasteiger partial charge in [-0.3, -0.25) is 4.79 Å². The molecule has 1 fully saturated rings. The molecule has 0 spiro atoms. The average Bonchev–Trinajstić information content (AvgIpc) is 2.80. The van der Waals surface area contributed by atoms with Crippen molar-refractivity contribution in [3.63, 3.8) is 0 Å². The van der Waals surface area contributed by atoms with Gasteiger partial charge in [0.25, 0.3) is 0 Å². The molecule has 174 valence electrons. The van der Waals surface area contributed by atoms with E-state index in [1.807, 2.05) is 25.2 Å². The van der Waals surface area contributed by atoms with Crippen LogP contribution in [0, 0.1) is 0 Å². The van der Waals surface area contributed by atoms with Gasteiger partial charge in [0.05, 0.1) is 26.7 Å². The number of carbonyl (C=O) groups excluding carboxylic acids is 1. The third-order valence-electron chi connectivity index (χ3n) is 5.29. The van der Waals surface area contributed by atoms with E-state index < -0.39 is 10.0 Å². The number of benzene rings is 2. The standard InChI is InChI=1S/C23H31N3O5S/c1-25(18-19-6-4-3-5-7-19)11-10-24-23(27)17-20-8-9-21(30-2)22(16-20)32(28,29)26-12-14-31-15-13-26/h3-9,16H,10-15,17-18H2,1-2H3,(H,24,27). The van der Waals surface area contributed by atoms with Gasteiger partial charge in [0, 0.05) is 32.7 Å². The molecule has 0 aromatic heterocycles. The van der Waals surface area contributed by atoms with E-state index in [1.165, 1.54) is 23.0 Å². The number of sulfonamides is 1. The molecular weight excluding hydrogens is 430 g/mol. The lowest BCUT2D eigenvalue weighted by molar-refractivity contribution is -0.120. The van der Waals surface area contributed by atoms with E-state index >= 15 is 0 Å². The summed E-state index contributed by atoms with van der Waals surface area (Å²) in [6.45, 7) is 3.35. The van der Waals surface area contributed by atoms with Crippen molar-refractivity contribution >= 4 is 15.9 Å². The zero-order chi connectivity index (χ0) is 23.0. The highest BCUT2D eigenvalue weighted by molar-refractivity contribution is 7.89. The summed E-state index contributed by atoms with van der Waals surface area (Å²) < 4.78 is 38.1. The van der Waals surface area contributed by atoms with Crippen LogP contribution < -0.4 is 10.1 Å². The number of rotatable bonds is 10. The zero-order valence-corrected chi connectivity index (χ0v) is 19.4. The van der Waals surface area contributed by atoms with Crippen molar-refractivity contribution in [1.29, 1.82) is 0 Å². The van der Waals surface area contributed by atoms with Gasteiger partial charge >= 0.3 is 0 Å². The normalized spacial score (nSPS) is 15.0. The molecule has 0 bridgehead atoms. The number of methoxy groups -OCH3 is 1. The maximum Gasteiger partial charge on any atom is 0.246 e. The fourth-order valence-corrected chi connectivity index (χ4v) is 5.18. The van der Waals surface area contributed by atoms with Gasteiger partial charge in [-0.15, -0.1) is 0 Å². The molecule has 0 saturated carbocycles. The molecular formula is C23H31N3O5S. The number of nitrogens with one attached hydrogen (secondary N) is 1. The van der Waals surface area contributed by atoms with Crippen LogP contribution in [0.1, 0.15) is 11.1 Å². The summed E-state index contributed by atoms with van der Waals surface area (Å²) in [7, 11) is -0.289. The van der Waals surface area contributed by atoms with Gasteiger partial charge in [0.2, 0.25) is 15.9 Å². The van der Waals surface area contributed by atoms with Crippen LogP contribution in [-0.4, -0.2) is 77.1 Å². The Morgan fingerprint density at radius 2 is 1.84 bits per heavy atom. The van der Waals surface area contributed by atoms with Gasteiger partial charge < -0.3 is 19.7 Å². The Kier molecular flexibility index (Phi) is 8.63. The Labute approximate surface area is 190 Å². The molecule has 2 aromatic rings. The molecule has 0 aliphatic carbocycles. The highest BCUT2D eigenvalue weighted by Crippen LogP contribution is 2.28. The number of hydrogen-bond acceptors (Lipinski definition) is 6. The summed E-state index contributed by atoms with van der Waals surface area (Å²) in [5.41, 5.74) is 1.83. The fourth-order valence-electron chi connectivity index (χ4n) is 3.57. The number of likely N-dealkylation sites (N-methyl/N-ethyl adjacent to an activating group) is 1. The van der Waals surface area contributed by atoms with E-state index in [2.05, 4.69) is 22.3 Å². The predicted octanol–water partition coefficient (Wildman–Crippen LogP) is 1.51. The Bertz CT molecular complexity index is 992. The minimum absolute atomic E-state index is 0.0785. The SMILES string of the molecule is COc1ccc(CC(=O)NCCN(C)Cc2ccccc2)cc1S(=O)(=O)N1CCOCC1. The van der Waals surface area contributed by atoms with Crippen LogP contribution in [-0.2, 0) is 32.5 Å². The fraction of sp³-hybridized carbons (Fsp3) is 0.435. The lowest BCUT2D eigenvalue weighted by Crippen LogP contribution is -2.40. The highest BCUT2D eigenvalue weighted by atomic mass is 32.2. The highest BCUT2D eigenvalue weighted by Gasteiger charge is 2.29. The second kappa shape index (κ2) is 11.4. The molecule has 1 aliphatic heterocycles. The number of hydrogen-bond donors (Lipinski definition) is 1. The topological polar surface area (TPSA) is 88.2 Å². The summed E-state index contributed by atoms with van der Waals surface area (Å²) in [5, 5.41) is 2.91. The molecule has 2 aromatic carbocycles. The number of ether oxygens (including phenoxy) is 2. The molecule has 1 aliphatic rings. The lowest BCUT2D eigenvalue weighted by atomic mass is 10.1. The van der Waals surface area contributed by atoms with Crippen molar-refractivity contribution in [2.45, 2.75) is 17.9 Å². The maximum atomic E-state index is 13.1. The molecule has 0 radical (unpaired) electrons. The molecule has 1 saturated heterocycles. The number of nitrogens with zero attached hydrogens (tertiary/aromatic N) is 2. The smallest absolute Gasteiger partial charge is 0.246 e. The van der Waals surface area contributed by atoms with Crippen LogP contribution in [0.5, 0.6) is 5.75 Å². The van der Waals surface area contributed by atoms with Crippen molar-refractivity contribution in [2.75, 3.05) is 53.6 Å². The third-order valence-corrected chi connectivity index (χ3v) is 7.21. The summed E-state index contributed by atoms with van der Waals surface area (Å²) in [6, 6.07) is 15.0. The first-order valence-corrected chi connectivity index (χ1v) is 12.1. The minimum atomic E-state index is -3.73. The van der Waals surface area contributed by atoms with Crippen molar-refractivity contribution < 1.29 is 22.7 Å². The van der Waals surface area contributed by atoms with Gasteiger partial charge in [-0.1, -0.05) is 36.4 Å². The van der Waals surface area contributed by atoms with E-state index in [-0.39, 0.29) is 23.0 Å². The Morgan fingerprint density at radius 1 is 1.12 bits per heavy atom. The quantitative estimate of drug-likeness (QED) is 0.577. The maximum absolute atomic E-state index is 13.1. The number of amides is 1. The van der Waals surface area contributed by atoms with Crippen molar-refractivity contribution in [1.82, 2.24) is 14.5 Å². The van der Waals surface area contributed by atoms with Crippen molar-refractivity contribution in [3.8, 4) is 5.75 Å². The molecule has 1 N–H and O–H groups in total. The monoisotopic (exact) mass is 461 g/mol. The molecule has 3 rings (SSSR count). The molecule has 9 heteroatoms. The Hall–Kier alpha value is -2.46. The van der Waals surface area contributed by atoms with Crippen molar-refractivity contribution in [2.24, 2.45) is 0 Å². The molecule has 1 amide bonds. The predicted molar refractivity (Wildman–Crippen MR) is 122 cm³/mol. The van der Waals surface area contributed by atoms with Gasteiger partial charge in [0.1, 0.15) is 10.6 Å². The van der Waals surface area contributed by atoms with Gasteiger partial charge in [-0.05, 0) is 30.3 Å². The van der Waals surface area contributed by atoms with Crippen LogP contribution in [0.4, 0.5) is 0 Å². The number of morpholine rings is 1. The van der Waals surface area contributed by atoms with Crippen molar-refractivity contribution in [3.05, 3.63) is 59.7 Å². The third kappa shape index (κ3) is 6.52. The second-order valence-corrected chi connectivity index (χ2v) is 9.66. The van der Waals surface area contributed by atoms with E-state index in [0.717, 1.165) is 6.54 Å². The largest absolute Gasteiger partial charge is 0.495 e. The summed E-state index contributed by atoms with van der Waals surface area (Å²) in [4.78, 5) is 14.6. The van der Waals surface area contributed by atoms with Crippen LogP contribution >= 0.6 is 0 Å². The second-order valence-electron chi connectivity index (χ2n) is 7.75. The first kappa shape index (κ1) is 24.2. The van der Waals surface area contributed by atoms with Gasteiger partial charge in [0.15, 0.2) is 0 Å². The molecule has 32 heavy (non-hydrogen) atoms. The Morgan fingerprint density at radius 3 is 2.53 bits per heavy atom. The molecule has 0 atom stereocenters.